The van der Waals surface area contributed by atoms with Gasteiger partial charge >= 0.3 is 0 Å². The zero-order valence-corrected chi connectivity index (χ0v) is 13.4. The average Bonchev–Trinajstić information content (AvgIpc) is 2.42. The van der Waals surface area contributed by atoms with Gasteiger partial charge in [-0.25, -0.2) is 0 Å². The van der Waals surface area contributed by atoms with Gasteiger partial charge in [0.05, 0.1) is 0 Å². The molecule has 1 atom stereocenters. The number of nitrogens with two attached hydrogens (primary N) is 1. The molecule has 21 heavy (non-hydrogen) atoms. The van der Waals surface area contributed by atoms with Crippen molar-refractivity contribution in [3.05, 3.63) is 35.4 Å². The number of carbonyl (C=O) groups is 2. The summed E-state index contributed by atoms with van der Waals surface area (Å²) in [6.07, 6.45) is 2.40. The van der Waals surface area contributed by atoms with Gasteiger partial charge in [0.25, 0.3) is 5.91 Å². The van der Waals surface area contributed by atoms with Crippen LogP contribution in [0.2, 0.25) is 0 Å². The van der Waals surface area contributed by atoms with Crippen molar-refractivity contribution < 1.29 is 9.59 Å². The Morgan fingerprint density at radius 1 is 1.19 bits per heavy atom. The van der Waals surface area contributed by atoms with Crippen molar-refractivity contribution in [2.24, 2.45) is 5.73 Å². The maximum absolute atomic E-state index is 12.2. The van der Waals surface area contributed by atoms with Crippen molar-refractivity contribution in [2.75, 3.05) is 0 Å². The minimum absolute atomic E-state index is 0.0475. The molecule has 4 heteroatoms. The molecule has 0 bridgehead atoms. The van der Waals surface area contributed by atoms with E-state index in [1.165, 1.54) is 0 Å². The van der Waals surface area contributed by atoms with Crippen LogP contribution in [0.5, 0.6) is 0 Å². The van der Waals surface area contributed by atoms with Gasteiger partial charge in [-0.3, -0.25) is 9.59 Å². The molecule has 0 saturated heterocycles. The van der Waals surface area contributed by atoms with Crippen LogP contribution in [0.3, 0.4) is 0 Å². The summed E-state index contributed by atoms with van der Waals surface area (Å²) in [5.74, 6) is -0.738. The average molecular weight is 290 g/mol. The fourth-order valence-corrected chi connectivity index (χ4v) is 2.06. The number of hydrogen-bond donors (Lipinski definition) is 2. The van der Waals surface area contributed by atoms with E-state index in [0.717, 1.165) is 18.4 Å². The third-order valence-electron chi connectivity index (χ3n) is 3.51. The molecule has 0 fully saturated rings. The lowest BCUT2D eigenvalue weighted by molar-refractivity contribution is -0.120. The molecule has 0 aliphatic carbocycles. The van der Waals surface area contributed by atoms with E-state index in [2.05, 4.69) is 26.1 Å². The van der Waals surface area contributed by atoms with Crippen LogP contribution in [0.1, 0.15) is 62.9 Å². The van der Waals surface area contributed by atoms with Crippen LogP contribution in [0.4, 0.5) is 0 Å². The summed E-state index contributed by atoms with van der Waals surface area (Å²) in [7, 11) is 0. The van der Waals surface area contributed by atoms with E-state index in [0.29, 0.717) is 12.0 Å². The largest absolute Gasteiger partial charge is 0.368 e. The Kier molecular flexibility index (Phi) is 5.94. The van der Waals surface area contributed by atoms with Gasteiger partial charge in [0.2, 0.25) is 5.91 Å². The lowest BCUT2D eigenvalue weighted by Gasteiger charge is -2.19. The molecule has 3 N–H and O–H groups in total. The predicted octanol–water partition coefficient (Wildman–Crippen LogP) is 2.76. The molecule has 0 radical (unpaired) electrons. The third kappa shape index (κ3) is 5.21. The monoisotopic (exact) mass is 290 g/mol. The predicted molar refractivity (Wildman–Crippen MR) is 85.1 cm³/mol. The molecule has 0 aliphatic rings. The van der Waals surface area contributed by atoms with Crippen LogP contribution in [0, 0.1) is 0 Å². The molecule has 0 heterocycles. The Morgan fingerprint density at radius 3 is 2.19 bits per heavy atom. The van der Waals surface area contributed by atoms with Gasteiger partial charge in [-0.1, -0.05) is 52.7 Å². The number of nitrogens with one attached hydrogen (secondary N) is 1. The van der Waals surface area contributed by atoms with Gasteiger partial charge in [-0.05, 0) is 29.5 Å². The first-order valence-electron chi connectivity index (χ1n) is 7.46. The summed E-state index contributed by atoms with van der Waals surface area (Å²) in [6.45, 7) is 8.40. The summed E-state index contributed by atoms with van der Waals surface area (Å²) in [5.41, 5.74) is 7.09. The molecule has 0 aliphatic heterocycles. The van der Waals surface area contributed by atoms with Gasteiger partial charge < -0.3 is 11.1 Å². The first kappa shape index (κ1) is 17.2. The van der Waals surface area contributed by atoms with E-state index in [1.54, 1.807) is 12.1 Å². The van der Waals surface area contributed by atoms with Crippen LogP contribution < -0.4 is 11.1 Å². The van der Waals surface area contributed by atoms with Crippen LogP contribution in [0.25, 0.3) is 0 Å². The SMILES string of the molecule is CCCC[C@@H](NC(=O)c1ccc(C(C)(C)C)cc1)C(N)=O. The fraction of sp³-hybridized carbons (Fsp3) is 0.529. The smallest absolute Gasteiger partial charge is 0.251 e. The minimum atomic E-state index is -0.597. The second-order valence-electron chi connectivity index (χ2n) is 6.40. The molecular formula is C17H26N2O2. The van der Waals surface area contributed by atoms with E-state index >= 15 is 0 Å². The van der Waals surface area contributed by atoms with Crippen molar-refractivity contribution >= 4 is 11.8 Å². The quantitative estimate of drug-likeness (QED) is 0.845. The fourth-order valence-electron chi connectivity index (χ4n) is 2.06. The lowest BCUT2D eigenvalue weighted by atomic mass is 9.86. The van der Waals surface area contributed by atoms with Gasteiger partial charge in [0.15, 0.2) is 0 Å². The van der Waals surface area contributed by atoms with Crippen molar-refractivity contribution in [1.29, 1.82) is 0 Å². The highest BCUT2D eigenvalue weighted by atomic mass is 16.2. The number of unbranched alkanes of at least 4 members (excludes halogenated alkanes) is 1. The van der Waals surface area contributed by atoms with E-state index in [-0.39, 0.29) is 11.3 Å². The van der Waals surface area contributed by atoms with Crippen molar-refractivity contribution in [3.63, 3.8) is 0 Å². The molecule has 0 aromatic heterocycles. The van der Waals surface area contributed by atoms with Crippen molar-refractivity contribution in [1.82, 2.24) is 5.32 Å². The van der Waals surface area contributed by atoms with E-state index < -0.39 is 11.9 Å². The molecule has 4 nitrogen and oxygen atoms in total. The molecule has 1 rings (SSSR count). The lowest BCUT2D eigenvalue weighted by Crippen LogP contribution is -2.44. The van der Waals surface area contributed by atoms with E-state index in [4.69, 9.17) is 5.73 Å². The first-order chi connectivity index (χ1) is 9.75. The summed E-state index contributed by atoms with van der Waals surface area (Å²) in [5, 5.41) is 2.71. The standard InChI is InChI=1S/C17H26N2O2/c1-5-6-7-14(15(18)20)19-16(21)12-8-10-13(11-9-12)17(2,3)4/h8-11,14H,5-7H2,1-4H3,(H2,18,20)(H,19,21)/t14-/m1/s1. The van der Waals surface area contributed by atoms with Gasteiger partial charge in [0, 0.05) is 5.56 Å². The van der Waals surface area contributed by atoms with Gasteiger partial charge in [0.1, 0.15) is 6.04 Å². The Labute approximate surface area is 127 Å². The highest BCUT2D eigenvalue weighted by Crippen LogP contribution is 2.22. The van der Waals surface area contributed by atoms with Crippen molar-refractivity contribution in [2.45, 2.75) is 58.4 Å². The van der Waals surface area contributed by atoms with E-state index in [9.17, 15) is 9.59 Å². The summed E-state index contributed by atoms with van der Waals surface area (Å²) in [6, 6.07) is 6.86. The zero-order chi connectivity index (χ0) is 16.0. The highest BCUT2D eigenvalue weighted by molar-refractivity contribution is 5.97. The summed E-state index contributed by atoms with van der Waals surface area (Å²) < 4.78 is 0. The van der Waals surface area contributed by atoms with Crippen LogP contribution in [-0.4, -0.2) is 17.9 Å². The molecular weight excluding hydrogens is 264 g/mol. The number of carbonyl (C=O) groups excluding carboxylic acids is 2. The van der Waals surface area contributed by atoms with Gasteiger partial charge in [-0.15, -0.1) is 0 Å². The van der Waals surface area contributed by atoms with E-state index in [1.807, 2.05) is 19.1 Å². The van der Waals surface area contributed by atoms with Crippen LogP contribution in [0.15, 0.2) is 24.3 Å². The molecule has 0 saturated carbocycles. The number of primary amides is 1. The zero-order valence-electron chi connectivity index (χ0n) is 13.4. The summed E-state index contributed by atoms with van der Waals surface area (Å²) >= 11 is 0. The molecule has 116 valence electrons. The Morgan fingerprint density at radius 2 is 1.76 bits per heavy atom. The second-order valence-corrected chi connectivity index (χ2v) is 6.40. The Balaban J connectivity index is 2.76. The van der Waals surface area contributed by atoms with Crippen LogP contribution in [-0.2, 0) is 10.2 Å². The number of rotatable bonds is 6. The molecule has 1 aromatic carbocycles. The maximum atomic E-state index is 12.2. The summed E-state index contributed by atoms with van der Waals surface area (Å²) in [4.78, 5) is 23.5. The highest BCUT2D eigenvalue weighted by Gasteiger charge is 2.19. The maximum Gasteiger partial charge on any atom is 0.251 e. The second kappa shape index (κ2) is 7.25. The Hall–Kier alpha value is -1.84. The molecule has 0 unspecified atom stereocenters. The topological polar surface area (TPSA) is 72.2 Å². The van der Waals surface area contributed by atoms with Gasteiger partial charge in [-0.2, -0.15) is 0 Å². The Bertz CT molecular complexity index is 487. The van der Waals surface area contributed by atoms with Crippen molar-refractivity contribution in [3.8, 4) is 0 Å². The number of benzene rings is 1. The molecule has 1 aromatic rings. The number of amides is 2. The normalized spacial score (nSPS) is 12.8. The minimum Gasteiger partial charge on any atom is -0.368 e. The van der Waals surface area contributed by atoms with Crippen LogP contribution >= 0.6 is 0 Å². The molecule has 2 amide bonds. The third-order valence-corrected chi connectivity index (χ3v) is 3.51. The number of hydrogen-bond acceptors (Lipinski definition) is 2. The molecule has 0 spiro atoms. The first-order valence-corrected chi connectivity index (χ1v) is 7.46.